The first-order valence-corrected chi connectivity index (χ1v) is 5.63. The van der Waals surface area contributed by atoms with E-state index in [-0.39, 0.29) is 0 Å². The zero-order valence-corrected chi connectivity index (χ0v) is 8.87. The average molecular weight is 193 g/mol. The molecule has 0 unspecified atom stereocenters. The molecule has 0 atom stereocenters. The van der Waals surface area contributed by atoms with Crippen LogP contribution in [-0.2, 0) is 6.54 Å². The van der Waals surface area contributed by atoms with Crippen molar-refractivity contribution < 1.29 is 0 Å². The van der Waals surface area contributed by atoms with Crippen molar-refractivity contribution in [3.05, 3.63) is 18.2 Å². The summed E-state index contributed by atoms with van der Waals surface area (Å²) in [5, 5.41) is 3.39. The molecule has 3 nitrogen and oxygen atoms in total. The molecular formula is C11H19N3. The van der Waals surface area contributed by atoms with Crippen molar-refractivity contribution in [1.29, 1.82) is 0 Å². The van der Waals surface area contributed by atoms with E-state index >= 15 is 0 Å². The van der Waals surface area contributed by atoms with Crippen molar-refractivity contribution in [1.82, 2.24) is 14.9 Å². The maximum absolute atomic E-state index is 4.49. The van der Waals surface area contributed by atoms with E-state index < -0.39 is 0 Å². The summed E-state index contributed by atoms with van der Waals surface area (Å²) in [7, 11) is 0. The zero-order valence-electron chi connectivity index (χ0n) is 8.87. The second-order valence-electron chi connectivity index (χ2n) is 4.00. The fourth-order valence-corrected chi connectivity index (χ4v) is 2.19. The molecule has 14 heavy (non-hydrogen) atoms. The second-order valence-corrected chi connectivity index (χ2v) is 4.00. The molecule has 1 saturated heterocycles. The average Bonchev–Trinajstić information content (AvgIpc) is 2.68. The van der Waals surface area contributed by atoms with E-state index in [0.29, 0.717) is 5.92 Å². The maximum atomic E-state index is 4.49. The van der Waals surface area contributed by atoms with E-state index in [4.69, 9.17) is 0 Å². The Bertz CT molecular complexity index is 274. The number of imidazole rings is 1. The highest BCUT2D eigenvalue weighted by Gasteiger charge is 2.18. The first-order chi connectivity index (χ1) is 6.92. The van der Waals surface area contributed by atoms with Crippen LogP contribution in [0.2, 0.25) is 0 Å². The van der Waals surface area contributed by atoms with E-state index in [9.17, 15) is 0 Å². The molecule has 1 aliphatic rings. The Morgan fingerprint density at radius 2 is 2.29 bits per heavy atom. The van der Waals surface area contributed by atoms with Crippen LogP contribution >= 0.6 is 0 Å². The predicted molar refractivity (Wildman–Crippen MR) is 57.4 cm³/mol. The van der Waals surface area contributed by atoms with Crippen molar-refractivity contribution in [2.24, 2.45) is 0 Å². The van der Waals surface area contributed by atoms with E-state index in [1.54, 1.807) is 0 Å². The number of nitrogens with zero attached hydrogens (tertiary/aromatic N) is 2. The molecule has 0 saturated carbocycles. The van der Waals surface area contributed by atoms with Crippen molar-refractivity contribution in [3.8, 4) is 0 Å². The minimum absolute atomic E-state index is 0.679. The van der Waals surface area contributed by atoms with E-state index in [1.165, 1.54) is 25.1 Å². The van der Waals surface area contributed by atoms with Gasteiger partial charge in [-0.05, 0) is 32.4 Å². The molecule has 0 bridgehead atoms. The third-order valence-electron chi connectivity index (χ3n) is 2.92. The van der Waals surface area contributed by atoms with Crippen LogP contribution in [0.5, 0.6) is 0 Å². The zero-order chi connectivity index (χ0) is 9.80. The number of hydrogen-bond acceptors (Lipinski definition) is 2. The van der Waals surface area contributed by atoms with Gasteiger partial charge in [0.15, 0.2) is 0 Å². The highest BCUT2D eigenvalue weighted by atomic mass is 15.1. The molecule has 2 rings (SSSR count). The van der Waals surface area contributed by atoms with Crippen molar-refractivity contribution in [2.45, 2.75) is 38.6 Å². The molecule has 1 aromatic rings. The van der Waals surface area contributed by atoms with Crippen LogP contribution in [0.1, 0.15) is 37.9 Å². The van der Waals surface area contributed by atoms with Crippen molar-refractivity contribution >= 4 is 0 Å². The minimum Gasteiger partial charge on any atom is -0.335 e. The Labute approximate surface area is 85.5 Å². The summed E-state index contributed by atoms with van der Waals surface area (Å²) in [4.78, 5) is 4.49. The van der Waals surface area contributed by atoms with Gasteiger partial charge in [0, 0.05) is 24.9 Å². The maximum Gasteiger partial charge on any atom is 0.111 e. The Hall–Kier alpha value is -0.830. The van der Waals surface area contributed by atoms with E-state index in [1.807, 2.05) is 6.20 Å². The van der Waals surface area contributed by atoms with Gasteiger partial charge in [0.05, 0.1) is 0 Å². The molecule has 0 aromatic carbocycles. The number of rotatable bonds is 3. The lowest BCUT2D eigenvalue weighted by molar-refractivity contribution is 0.429. The SMILES string of the molecule is CCCn1ccnc1C1CCNCC1. The number of hydrogen-bond donors (Lipinski definition) is 1. The van der Waals surface area contributed by atoms with Crippen LogP contribution in [0.25, 0.3) is 0 Å². The fourth-order valence-electron chi connectivity index (χ4n) is 2.19. The van der Waals surface area contributed by atoms with Gasteiger partial charge in [0.25, 0.3) is 0 Å². The van der Waals surface area contributed by atoms with Crippen LogP contribution < -0.4 is 5.32 Å². The third kappa shape index (κ3) is 1.98. The lowest BCUT2D eigenvalue weighted by Crippen LogP contribution is -2.28. The molecule has 1 aromatic heterocycles. The number of nitrogens with one attached hydrogen (secondary N) is 1. The van der Waals surface area contributed by atoms with Crippen LogP contribution in [0.15, 0.2) is 12.4 Å². The van der Waals surface area contributed by atoms with Gasteiger partial charge in [-0.3, -0.25) is 0 Å². The molecule has 1 N–H and O–H groups in total. The van der Waals surface area contributed by atoms with Gasteiger partial charge in [-0.2, -0.15) is 0 Å². The standard InChI is InChI=1S/C11H19N3/c1-2-8-14-9-7-13-11(14)10-3-5-12-6-4-10/h7,9-10,12H,2-6,8H2,1H3. The topological polar surface area (TPSA) is 29.9 Å². The summed E-state index contributed by atoms with van der Waals surface area (Å²) in [5.41, 5.74) is 0. The summed E-state index contributed by atoms with van der Waals surface area (Å²) >= 11 is 0. The van der Waals surface area contributed by atoms with Crippen LogP contribution in [0.3, 0.4) is 0 Å². The quantitative estimate of drug-likeness (QED) is 0.792. The Balaban J connectivity index is 2.09. The summed E-state index contributed by atoms with van der Waals surface area (Å²) in [5.74, 6) is 1.98. The van der Waals surface area contributed by atoms with Gasteiger partial charge in [-0.25, -0.2) is 4.98 Å². The third-order valence-corrected chi connectivity index (χ3v) is 2.92. The summed E-state index contributed by atoms with van der Waals surface area (Å²) < 4.78 is 2.32. The Morgan fingerprint density at radius 1 is 1.50 bits per heavy atom. The summed E-state index contributed by atoms with van der Waals surface area (Å²) in [6.07, 6.45) is 7.71. The molecule has 1 fully saturated rings. The monoisotopic (exact) mass is 193 g/mol. The van der Waals surface area contributed by atoms with Gasteiger partial charge in [0.1, 0.15) is 5.82 Å². The summed E-state index contributed by atoms with van der Waals surface area (Å²) in [6, 6.07) is 0. The van der Waals surface area contributed by atoms with Gasteiger partial charge < -0.3 is 9.88 Å². The first kappa shape index (κ1) is 9.71. The molecule has 0 spiro atoms. The van der Waals surface area contributed by atoms with Crippen LogP contribution in [0.4, 0.5) is 0 Å². The second kappa shape index (κ2) is 4.60. The van der Waals surface area contributed by atoms with Gasteiger partial charge in [-0.15, -0.1) is 0 Å². The van der Waals surface area contributed by atoms with Crippen LogP contribution in [0, 0.1) is 0 Å². The molecule has 0 radical (unpaired) electrons. The van der Waals surface area contributed by atoms with E-state index in [0.717, 1.165) is 19.6 Å². The lowest BCUT2D eigenvalue weighted by atomic mass is 9.97. The van der Waals surface area contributed by atoms with Crippen molar-refractivity contribution in [3.63, 3.8) is 0 Å². The normalized spacial score (nSPS) is 18.6. The number of aromatic nitrogens is 2. The molecule has 1 aliphatic heterocycles. The van der Waals surface area contributed by atoms with Gasteiger partial charge in [0.2, 0.25) is 0 Å². The van der Waals surface area contributed by atoms with Crippen molar-refractivity contribution in [2.75, 3.05) is 13.1 Å². The summed E-state index contributed by atoms with van der Waals surface area (Å²) in [6.45, 7) is 5.61. The van der Waals surface area contributed by atoms with Crippen LogP contribution in [-0.4, -0.2) is 22.6 Å². The Morgan fingerprint density at radius 3 is 3.00 bits per heavy atom. The first-order valence-electron chi connectivity index (χ1n) is 5.63. The molecule has 3 heteroatoms. The molecular weight excluding hydrogens is 174 g/mol. The highest BCUT2D eigenvalue weighted by molar-refractivity contribution is 5.02. The van der Waals surface area contributed by atoms with Gasteiger partial charge >= 0.3 is 0 Å². The molecule has 0 aliphatic carbocycles. The fraction of sp³-hybridized carbons (Fsp3) is 0.727. The lowest BCUT2D eigenvalue weighted by Gasteiger charge is -2.22. The van der Waals surface area contributed by atoms with Gasteiger partial charge in [-0.1, -0.05) is 6.92 Å². The molecule has 0 amide bonds. The molecule has 2 heterocycles. The predicted octanol–water partition coefficient (Wildman–Crippen LogP) is 1.76. The largest absolute Gasteiger partial charge is 0.335 e. The number of aryl methyl sites for hydroxylation is 1. The minimum atomic E-state index is 0.679. The smallest absolute Gasteiger partial charge is 0.111 e. The number of piperidine rings is 1. The highest BCUT2D eigenvalue weighted by Crippen LogP contribution is 2.23. The Kier molecular flexibility index (Phi) is 3.19. The molecule has 78 valence electrons. The van der Waals surface area contributed by atoms with E-state index in [2.05, 4.69) is 28.0 Å².